The maximum Gasteiger partial charge on any atom is 0.0814 e. The van der Waals surface area contributed by atoms with Crippen LogP contribution in [-0.4, -0.2) is 46.5 Å². The van der Waals surface area contributed by atoms with Crippen LogP contribution in [0.15, 0.2) is 12.2 Å². The maximum atomic E-state index is 11.5. The number of hydrogen-bond donors (Lipinski definition) is 2. The minimum absolute atomic E-state index is 0.0809. The van der Waals surface area contributed by atoms with Crippen molar-refractivity contribution in [3.05, 3.63) is 12.2 Å². The monoisotopic (exact) mass is 343 g/mol. The number of aliphatic hydroxyl groups is 2. The van der Waals surface area contributed by atoms with Crippen molar-refractivity contribution in [2.45, 2.75) is 70.6 Å². The van der Waals surface area contributed by atoms with E-state index in [1.165, 1.54) is 32.2 Å². The molecule has 0 aromatic heterocycles. The highest BCUT2D eigenvalue weighted by molar-refractivity contribution is 5.38. The number of fused-ring (bicyclic) bond motifs is 2. The molecule has 6 saturated carbocycles. The number of piperidine rings is 1. The zero-order chi connectivity index (χ0) is 17.4. The van der Waals surface area contributed by atoms with Gasteiger partial charge in [0, 0.05) is 29.8 Å². The van der Waals surface area contributed by atoms with E-state index >= 15 is 0 Å². The van der Waals surface area contributed by atoms with Crippen molar-refractivity contribution in [3.8, 4) is 0 Å². The quantitative estimate of drug-likeness (QED) is 0.720. The lowest BCUT2D eigenvalue weighted by Crippen LogP contribution is -2.69. The Hall–Kier alpha value is -0.380. The van der Waals surface area contributed by atoms with Crippen molar-refractivity contribution >= 4 is 0 Å². The fraction of sp³-hybridized carbons (Fsp3) is 0.909. The van der Waals surface area contributed by atoms with Gasteiger partial charge in [0.05, 0.1) is 12.2 Å². The molecule has 0 amide bonds. The van der Waals surface area contributed by atoms with Crippen LogP contribution in [0.25, 0.3) is 0 Å². The highest BCUT2D eigenvalue weighted by Crippen LogP contribution is 2.83. The Morgan fingerprint density at radius 1 is 1.20 bits per heavy atom. The zero-order valence-electron chi connectivity index (χ0n) is 15.7. The van der Waals surface area contributed by atoms with Crippen LogP contribution < -0.4 is 0 Å². The molecule has 25 heavy (non-hydrogen) atoms. The molecule has 0 aromatic carbocycles. The summed E-state index contributed by atoms with van der Waals surface area (Å²) in [6, 6.07) is 0.592. The molecule has 0 radical (unpaired) electrons. The molecule has 7 fully saturated rings. The van der Waals surface area contributed by atoms with E-state index in [0.29, 0.717) is 23.3 Å². The molecule has 1 unspecified atom stereocenters. The van der Waals surface area contributed by atoms with Gasteiger partial charge in [-0.25, -0.2) is 0 Å². The van der Waals surface area contributed by atoms with E-state index in [9.17, 15) is 10.2 Å². The minimum atomic E-state index is -0.377. The summed E-state index contributed by atoms with van der Waals surface area (Å²) in [6.45, 7) is 11.5. The van der Waals surface area contributed by atoms with Gasteiger partial charge in [0.15, 0.2) is 0 Å². The third-order valence-electron chi connectivity index (χ3n) is 10.5. The van der Waals surface area contributed by atoms with Gasteiger partial charge >= 0.3 is 0 Å². The molecule has 3 heteroatoms. The van der Waals surface area contributed by atoms with Gasteiger partial charge in [0.1, 0.15) is 0 Å². The third kappa shape index (κ3) is 1.34. The Morgan fingerprint density at radius 3 is 2.76 bits per heavy atom. The molecule has 6 aliphatic carbocycles. The van der Waals surface area contributed by atoms with Crippen LogP contribution in [0.1, 0.15) is 52.4 Å². The summed E-state index contributed by atoms with van der Waals surface area (Å²) in [5, 5.41) is 22.9. The average Bonchev–Trinajstić information content (AvgIpc) is 2.99. The Balaban J connectivity index is 1.60. The van der Waals surface area contributed by atoms with E-state index in [1.54, 1.807) is 0 Å². The zero-order valence-corrected chi connectivity index (χ0v) is 15.7. The molecular weight excluding hydrogens is 310 g/mol. The summed E-state index contributed by atoms with van der Waals surface area (Å²) in [5.41, 5.74) is 1.54. The molecule has 1 saturated heterocycles. The molecule has 10 atom stereocenters. The average molecular weight is 344 g/mol. The molecule has 7 aliphatic rings. The molecule has 2 spiro atoms. The van der Waals surface area contributed by atoms with Crippen molar-refractivity contribution in [3.63, 3.8) is 0 Å². The number of likely N-dealkylation sites (tertiary alicyclic amines) is 1. The van der Waals surface area contributed by atoms with Crippen LogP contribution in [0.3, 0.4) is 0 Å². The van der Waals surface area contributed by atoms with Gasteiger partial charge in [-0.1, -0.05) is 26.8 Å². The lowest BCUT2D eigenvalue weighted by Gasteiger charge is -2.68. The summed E-state index contributed by atoms with van der Waals surface area (Å²) in [5.74, 6) is 1.77. The molecule has 2 N–H and O–H groups in total. The van der Waals surface area contributed by atoms with Crippen LogP contribution >= 0.6 is 0 Å². The minimum Gasteiger partial charge on any atom is -0.392 e. The molecule has 1 aliphatic heterocycles. The molecule has 138 valence electrons. The first kappa shape index (κ1) is 15.7. The summed E-state index contributed by atoms with van der Waals surface area (Å²) in [6.07, 6.45) is 6.75. The highest BCUT2D eigenvalue weighted by Gasteiger charge is 2.84. The third-order valence-corrected chi connectivity index (χ3v) is 10.5. The number of aliphatic hydroxyl groups excluding tert-OH is 2. The number of nitrogens with zero attached hydrogens (tertiary/aromatic N) is 1. The number of rotatable bonds is 1. The summed E-state index contributed by atoms with van der Waals surface area (Å²) in [4.78, 5) is 2.77. The van der Waals surface area contributed by atoms with Crippen molar-refractivity contribution in [2.75, 3.05) is 13.1 Å². The second kappa shape index (κ2) is 4.36. The lowest BCUT2D eigenvalue weighted by molar-refractivity contribution is -0.227. The first-order valence-corrected chi connectivity index (χ1v) is 10.7. The van der Waals surface area contributed by atoms with Crippen molar-refractivity contribution in [2.24, 2.45) is 39.9 Å². The standard InChI is InChI=1S/C22H33NO2/c1-4-23-11-20(3)7-5-8-22-15(20)10-14(18(22)23)21-9-6-13(12(2)19(21)25)16(24)17(21)22/h13-19,24-25H,2,4-11H2,1,3H3/t13-,14+,15-,16+,17-,18?,19-,20+,21+,22+/m0/s1. The van der Waals surface area contributed by atoms with Gasteiger partial charge in [0.2, 0.25) is 0 Å². The van der Waals surface area contributed by atoms with Crippen LogP contribution in [0.4, 0.5) is 0 Å². The van der Waals surface area contributed by atoms with E-state index in [2.05, 4.69) is 25.3 Å². The maximum absolute atomic E-state index is 11.5. The van der Waals surface area contributed by atoms with E-state index in [-0.39, 0.29) is 29.0 Å². The van der Waals surface area contributed by atoms with Crippen molar-refractivity contribution < 1.29 is 10.2 Å². The van der Waals surface area contributed by atoms with Gasteiger partial charge in [0.25, 0.3) is 0 Å². The predicted octanol–water partition coefficient (Wildman–Crippen LogP) is 2.82. The molecule has 3 nitrogen and oxygen atoms in total. The van der Waals surface area contributed by atoms with Crippen molar-refractivity contribution in [1.82, 2.24) is 4.90 Å². The Labute approximate surface area is 151 Å². The summed E-state index contributed by atoms with van der Waals surface area (Å²) in [7, 11) is 0. The summed E-state index contributed by atoms with van der Waals surface area (Å²) >= 11 is 0. The van der Waals surface area contributed by atoms with Gasteiger partial charge in [-0.05, 0) is 66.9 Å². The van der Waals surface area contributed by atoms with E-state index in [1.807, 2.05) is 0 Å². The first-order chi connectivity index (χ1) is 11.9. The van der Waals surface area contributed by atoms with Crippen LogP contribution in [0.2, 0.25) is 0 Å². The predicted molar refractivity (Wildman–Crippen MR) is 96.8 cm³/mol. The summed E-state index contributed by atoms with van der Waals surface area (Å²) < 4.78 is 0. The van der Waals surface area contributed by atoms with Gasteiger partial charge in [-0.15, -0.1) is 0 Å². The smallest absolute Gasteiger partial charge is 0.0814 e. The molecule has 7 rings (SSSR count). The molecular formula is C22H33NO2. The first-order valence-electron chi connectivity index (χ1n) is 10.7. The van der Waals surface area contributed by atoms with E-state index in [4.69, 9.17) is 0 Å². The van der Waals surface area contributed by atoms with E-state index < -0.39 is 0 Å². The fourth-order valence-corrected chi connectivity index (χ4v) is 10.1. The van der Waals surface area contributed by atoms with Crippen molar-refractivity contribution in [1.29, 1.82) is 0 Å². The van der Waals surface area contributed by atoms with Crippen LogP contribution in [0, 0.1) is 39.9 Å². The highest BCUT2D eigenvalue weighted by atomic mass is 16.3. The lowest BCUT2D eigenvalue weighted by atomic mass is 9.39. The SMILES string of the molecule is C=C1[C@@H]2CC[C@]3([C@@H]4C[C@H]5[C@]6(C)CCC[C@]5(C4N(CC)C6)[C@H]3[C@@H]2O)[C@H]1O. The normalized spacial score (nSPS) is 64.6. The van der Waals surface area contributed by atoms with Gasteiger partial charge < -0.3 is 10.2 Å². The second-order valence-corrected chi connectivity index (χ2v) is 10.7. The largest absolute Gasteiger partial charge is 0.392 e. The fourth-order valence-electron chi connectivity index (χ4n) is 10.1. The topological polar surface area (TPSA) is 43.7 Å². The van der Waals surface area contributed by atoms with Gasteiger partial charge in [-0.2, -0.15) is 0 Å². The molecule has 7 bridgehead atoms. The van der Waals surface area contributed by atoms with Gasteiger partial charge in [-0.3, -0.25) is 4.90 Å². The Morgan fingerprint density at radius 2 is 2.00 bits per heavy atom. The Bertz CT molecular complexity index is 662. The van der Waals surface area contributed by atoms with E-state index in [0.717, 1.165) is 30.9 Å². The molecule has 0 aromatic rings. The number of hydrogen-bond acceptors (Lipinski definition) is 3. The molecule has 1 heterocycles. The second-order valence-electron chi connectivity index (χ2n) is 10.7. The Kier molecular flexibility index (Phi) is 2.73. The van der Waals surface area contributed by atoms with Crippen LogP contribution in [-0.2, 0) is 0 Å². The van der Waals surface area contributed by atoms with Crippen LogP contribution in [0.5, 0.6) is 0 Å².